The Balaban J connectivity index is 2.49. The first-order valence-corrected chi connectivity index (χ1v) is 3.79. The molecule has 2 nitrogen and oxygen atoms in total. The Hall–Kier alpha value is -0.370. The van der Waals surface area contributed by atoms with Crippen LogP contribution in [-0.2, 0) is 4.79 Å². The minimum atomic E-state index is -0.242. The highest BCUT2D eigenvalue weighted by molar-refractivity contribution is 5.78. The van der Waals surface area contributed by atoms with Crippen LogP contribution in [-0.4, -0.2) is 17.0 Å². The molecule has 58 valence electrons. The lowest BCUT2D eigenvalue weighted by Crippen LogP contribution is -2.09. The molecular formula is C8H14O2. The average molecular weight is 142 g/mol. The van der Waals surface area contributed by atoms with Crippen LogP contribution in [0.3, 0.4) is 0 Å². The van der Waals surface area contributed by atoms with E-state index >= 15 is 0 Å². The van der Waals surface area contributed by atoms with Gasteiger partial charge in [-0.3, -0.25) is 4.79 Å². The molecule has 0 bridgehead atoms. The van der Waals surface area contributed by atoms with Gasteiger partial charge in [0.2, 0.25) is 0 Å². The van der Waals surface area contributed by atoms with Crippen LogP contribution in [0.25, 0.3) is 0 Å². The summed E-state index contributed by atoms with van der Waals surface area (Å²) in [4.78, 5) is 10.8. The lowest BCUT2D eigenvalue weighted by Gasteiger charge is -2.03. The molecule has 0 radical (unpaired) electrons. The van der Waals surface area contributed by atoms with Crippen LogP contribution in [0, 0.1) is 11.8 Å². The summed E-state index contributed by atoms with van der Waals surface area (Å²) in [5, 5.41) is 9.26. The van der Waals surface area contributed by atoms with Gasteiger partial charge in [0, 0.05) is 5.92 Å². The van der Waals surface area contributed by atoms with Crippen molar-refractivity contribution in [1.82, 2.24) is 0 Å². The van der Waals surface area contributed by atoms with Crippen LogP contribution in [0.4, 0.5) is 0 Å². The molecule has 0 saturated heterocycles. The Morgan fingerprint density at radius 3 is 2.30 bits per heavy atom. The van der Waals surface area contributed by atoms with Crippen molar-refractivity contribution in [2.75, 3.05) is 0 Å². The predicted molar refractivity (Wildman–Crippen MR) is 38.6 cm³/mol. The lowest BCUT2D eigenvalue weighted by molar-refractivity contribution is -0.120. The zero-order chi connectivity index (χ0) is 7.72. The van der Waals surface area contributed by atoms with Gasteiger partial charge < -0.3 is 5.11 Å². The van der Waals surface area contributed by atoms with Gasteiger partial charge >= 0.3 is 0 Å². The van der Waals surface area contributed by atoms with Crippen molar-refractivity contribution in [3.63, 3.8) is 0 Å². The normalized spacial score (nSPS) is 40.1. The summed E-state index contributed by atoms with van der Waals surface area (Å²) in [5.41, 5.74) is 0. The standard InChI is InChI=1S/C8H14O2/c1-5-3-7(6(2)9)4-8(5)10/h5,7-8,10H,3-4H2,1-2H3/t5-,7?,8?/m1/s1. The van der Waals surface area contributed by atoms with Crippen molar-refractivity contribution >= 4 is 5.78 Å². The molecule has 1 saturated carbocycles. The van der Waals surface area contributed by atoms with E-state index in [1.54, 1.807) is 6.92 Å². The van der Waals surface area contributed by atoms with Gasteiger partial charge in [0.25, 0.3) is 0 Å². The van der Waals surface area contributed by atoms with Gasteiger partial charge in [-0.2, -0.15) is 0 Å². The van der Waals surface area contributed by atoms with E-state index < -0.39 is 0 Å². The van der Waals surface area contributed by atoms with Gasteiger partial charge in [-0.25, -0.2) is 0 Å². The number of Topliss-reactive ketones (excluding diaryl/α,β-unsaturated/α-hetero) is 1. The van der Waals surface area contributed by atoms with E-state index in [1.165, 1.54) is 0 Å². The highest BCUT2D eigenvalue weighted by atomic mass is 16.3. The van der Waals surface area contributed by atoms with E-state index in [-0.39, 0.29) is 17.8 Å². The Bertz CT molecular complexity index is 132. The maximum atomic E-state index is 10.8. The van der Waals surface area contributed by atoms with E-state index in [1.807, 2.05) is 6.92 Å². The van der Waals surface area contributed by atoms with E-state index in [0.717, 1.165) is 6.42 Å². The topological polar surface area (TPSA) is 37.3 Å². The summed E-state index contributed by atoms with van der Waals surface area (Å²) < 4.78 is 0. The third kappa shape index (κ3) is 1.37. The highest BCUT2D eigenvalue weighted by Gasteiger charge is 2.31. The van der Waals surface area contributed by atoms with Crippen LogP contribution in [0.1, 0.15) is 26.7 Å². The highest BCUT2D eigenvalue weighted by Crippen LogP contribution is 2.31. The molecule has 0 heterocycles. The van der Waals surface area contributed by atoms with Gasteiger partial charge in [0.1, 0.15) is 5.78 Å². The fraction of sp³-hybridized carbons (Fsp3) is 0.875. The van der Waals surface area contributed by atoms with Crippen LogP contribution < -0.4 is 0 Å². The molecule has 10 heavy (non-hydrogen) atoms. The SMILES string of the molecule is CC(=O)C1CC(O)[C@H](C)C1. The van der Waals surface area contributed by atoms with Crippen LogP contribution in [0.2, 0.25) is 0 Å². The predicted octanol–water partition coefficient (Wildman–Crippen LogP) is 0.982. The molecule has 1 fully saturated rings. The summed E-state index contributed by atoms with van der Waals surface area (Å²) in [6.45, 7) is 3.60. The molecule has 2 heteroatoms. The van der Waals surface area contributed by atoms with Gasteiger partial charge in [-0.1, -0.05) is 6.92 Å². The molecule has 3 atom stereocenters. The van der Waals surface area contributed by atoms with Gasteiger partial charge in [-0.15, -0.1) is 0 Å². The first-order chi connectivity index (χ1) is 4.61. The Kier molecular flexibility index (Phi) is 2.09. The number of aliphatic hydroxyl groups is 1. The largest absolute Gasteiger partial charge is 0.393 e. The average Bonchev–Trinajstić information content (AvgIpc) is 2.13. The second-order valence-electron chi connectivity index (χ2n) is 3.32. The zero-order valence-corrected chi connectivity index (χ0v) is 6.50. The molecule has 0 aromatic rings. The van der Waals surface area contributed by atoms with Crippen LogP contribution in [0.15, 0.2) is 0 Å². The molecule has 1 rings (SSSR count). The van der Waals surface area contributed by atoms with E-state index in [4.69, 9.17) is 0 Å². The number of rotatable bonds is 1. The maximum absolute atomic E-state index is 10.8. The monoisotopic (exact) mass is 142 g/mol. The second kappa shape index (κ2) is 2.70. The minimum Gasteiger partial charge on any atom is -0.393 e. The molecule has 1 aliphatic rings. The molecule has 1 N–H and O–H groups in total. The van der Waals surface area contributed by atoms with Crippen molar-refractivity contribution in [3.05, 3.63) is 0 Å². The fourth-order valence-electron chi connectivity index (χ4n) is 1.56. The Morgan fingerprint density at radius 1 is 1.50 bits per heavy atom. The summed E-state index contributed by atoms with van der Waals surface area (Å²) in [6.07, 6.45) is 1.31. The third-order valence-corrected chi connectivity index (χ3v) is 2.41. The smallest absolute Gasteiger partial charge is 0.133 e. The third-order valence-electron chi connectivity index (χ3n) is 2.41. The lowest BCUT2D eigenvalue weighted by atomic mass is 10.0. The van der Waals surface area contributed by atoms with Crippen molar-refractivity contribution in [2.24, 2.45) is 11.8 Å². The molecular weight excluding hydrogens is 128 g/mol. The summed E-state index contributed by atoms with van der Waals surface area (Å²) in [5.74, 6) is 0.669. The van der Waals surface area contributed by atoms with Gasteiger partial charge in [0.05, 0.1) is 6.10 Å². The van der Waals surface area contributed by atoms with Crippen LogP contribution >= 0.6 is 0 Å². The fourth-order valence-corrected chi connectivity index (χ4v) is 1.56. The number of hydrogen-bond donors (Lipinski definition) is 1. The minimum absolute atomic E-state index is 0.130. The number of carbonyl (C=O) groups is 1. The quantitative estimate of drug-likeness (QED) is 0.592. The zero-order valence-electron chi connectivity index (χ0n) is 6.50. The molecule has 0 aromatic carbocycles. The second-order valence-corrected chi connectivity index (χ2v) is 3.32. The number of hydrogen-bond acceptors (Lipinski definition) is 2. The number of carbonyl (C=O) groups excluding carboxylic acids is 1. The van der Waals surface area contributed by atoms with Gasteiger partial charge in [0.15, 0.2) is 0 Å². The number of ketones is 1. The molecule has 0 aromatic heterocycles. The van der Waals surface area contributed by atoms with Crippen LogP contribution in [0.5, 0.6) is 0 Å². The summed E-state index contributed by atoms with van der Waals surface area (Å²) in [6, 6.07) is 0. The Labute approximate surface area is 61.2 Å². The van der Waals surface area contributed by atoms with Crippen molar-refractivity contribution in [2.45, 2.75) is 32.8 Å². The van der Waals surface area contributed by atoms with E-state index in [0.29, 0.717) is 12.3 Å². The molecule has 0 amide bonds. The van der Waals surface area contributed by atoms with Crippen molar-refractivity contribution in [3.8, 4) is 0 Å². The Morgan fingerprint density at radius 2 is 2.10 bits per heavy atom. The van der Waals surface area contributed by atoms with Crippen molar-refractivity contribution < 1.29 is 9.90 Å². The number of aliphatic hydroxyl groups excluding tert-OH is 1. The van der Waals surface area contributed by atoms with E-state index in [9.17, 15) is 9.90 Å². The summed E-state index contributed by atoms with van der Waals surface area (Å²) >= 11 is 0. The summed E-state index contributed by atoms with van der Waals surface area (Å²) in [7, 11) is 0. The maximum Gasteiger partial charge on any atom is 0.133 e. The molecule has 2 unspecified atom stereocenters. The van der Waals surface area contributed by atoms with Gasteiger partial charge in [-0.05, 0) is 25.7 Å². The first kappa shape index (κ1) is 7.73. The van der Waals surface area contributed by atoms with E-state index in [2.05, 4.69) is 0 Å². The molecule has 0 aliphatic heterocycles. The molecule has 0 spiro atoms. The first-order valence-electron chi connectivity index (χ1n) is 3.79. The van der Waals surface area contributed by atoms with Crippen molar-refractivity contribution in [1.29, 1.82) is 0 Å². The molecule has 1 aliphatic carbocycles.